The molecular formula is C17H24ClN3O. The van der Waals surface area contributed by atoms with Crippen molar-refractivity contribution < 1.29 is 4.74 Å². The standard InChI is InChI=1S/C17H24ClN3O/c1-2-3-12-22-13-6-9-19-14-15-7-5-11-21(15)16-8-4-10-20-17(16)18/h4-5,7-8,10-11,19H,2-3,6,9,12-14H2,1H3. The quantitative estimate of drug-likeness (QED) is 0.534. The van der Waals surface area contributed by atoms with Crippen LogP contribution in [0.15, 0.2) is 36.7 Å². The molecule has 2 aromatic heterocycles. The normalized spacial score (nSPS) is 11.0. The zero-order chi connectivity index (χ0) is 15.6. The summed E-state index contributed by atoms with van der Waals surface area (Å²) in [5, 5.41) is 3.96. The molecule has 0 saturated carbocycles. The Balaban J connectivity index is 1.76. The van der Waals surface area contributed by atoms with Gasteiger partial charge in [-0.15, -0.1) is 0 Å². The average Bonchev–Trinajstić information content (AvgIpc) is 2.99. The number of pyridine rings is 1. The lowest BCUT2D eigenvalue weighted by molar-refractivity contribution is 0.128. The van der Waals surface area contributed by atoms with E-state index >= 15 is 0 Å². The average molecular weight is 322 g/mol. The molecule has 0 aliphatic rings. The molecule has 4 nitrogen and oxygen atoms in total. The van der Waals surface area contributed by atoms with E-state index in [1.54, 1.807) is 6.20 Å². The van der Waals surface area contributed by atoms with E-state index in [1.165, 1.54) is 12.1 Å². The highest BCUT2D eigenvalue weighted by Gasteiger charge is 2.06. The third-order valence-corrected chi connectivity index (χ3v) is 3.71. The van der Waals surface area contributed by atoms with E-state index in [2.05, 4.69) is 27.9 Å². The molecule has 120 valence electrons. The topological polar surface area (TPSA) is 39.1 Å². The highest BCUT2D eigenvalue weighted by Crippen LogP contribution is 2.19. The summed E-state index contributed by atoms with van der Waals surface area (Å²) in [5.41, 5.74) is 2.08. The summed E-state index contributed by atoms with van der Waals surface area (Å²) in [6, 6.07) is 7.98. The van der Waals surface area contributed by atoms with Crippen LogP contribution in [0.2, 0.25) is 5.15 Å². The number of rotatable bonds is 10. The van der Waals surface area contributed by atoms with E-state index in [-0.39, 0.29) is 0 Å². The van der Waals surface area contributed by atoms with Gasteiger partial charge in [-0.1, -0.05) is 24.9 Å². The summed E-state index contributed by atoms with van der Waals surface area (Å²) >= 11 is 6.16. The van der Waals surface area contributed by atoms with E-state index in [9.17, 15) is 0 Å². The van der Waals surface area contributed by atoms with E-state index in [4.69, 9.17) is 16.3 Å². The van der Waals surface area contributed by atoms with Crippen molar-refractivity contribution in [3.63, 3.8) is 0 Å². The molecule has 0 radical (unpaired) electrons. The molecule has 0 atom stereocenters. The fourth-order valence-corrected chi connectivity index (χ4v) is 2.43. The number of nitrogens with one attached hydrogen (secondary N) is 1. The number of hydrogen-bond donors (Lipinski definition) is 1. The Hall–Kier alpha value is -1.36. The van der Waals surface area contributed by atoms with E-state index in [1.807, 2.05) is 24.4 Å². The maximum atomic E-state index is 6.16. The largest absolute Gasteiger partial charge is 0.381 e. The van der Waals surface area contributed by atoms with Gasteiger partial charge in [-0.3, -0.25) is 0 Å². The van der Waals surface area contributed by atoms with Crippen molar-refractivity contribution in [2.45, 2.75) is 32.7 Å². The van der Waals surface area contributed by atoms with Crippen LogP contribution in [-0.4, -0.2) is 29.3 Å². The molecule has 0 spiro atoms. The van der Waals surface area contributed by atoms with Crippen molar-refractivity contribution in [2.75, 3.05) is 19.8 Å². The number of halogens is 1. The van der Waals surface area contributed by atoms with Gasteiger partial charge in [0.1, 0.15) is 0 Å². The van der Waals surface area contributed by atoms with Crippen LogP contribution >= 0.6 is 11.6 Å². The number of aromatic nitrogens is 2. The second kappa shape index (κ2) is 9.62. The van der Waals surface area contributed by atoms with Gasteiger partial charge >= 0.3 is 0 Å². The molecule has 2 rings (SSSR count). The Morgan fingerprint density at radius 1 is 1.23 bits per heavy atom. The third-order valence-electron chi connectivity index (χ3n) is 3.42. The van der Waals surface area contributed by atoms with Gasteiger partial charge in [0.15, 0.2) is 5.15 Å². The van der Waals surface area contributed by atoms with Gasteiger partial charge in [-0.05, 0) is 43.7 Å². The van der Waals surface area contributed by atoms with E-state index in [0.717, 1.165) is 44.8 Å². The molecule has 1 N–H and O–H groups in total. The molecule has 0 aromatic carbocycles. The van der Waals surface area contributed by atoms with Crippen molar-refractivity contribution in [3.05, 3.63) is 47.5 Å². The van der Waals surface area contributed by atoms with Gasteiger partial charge in [0, 0.05) is 37.8 Å². The molecule has 22 heavy (non-hydrogen) atoms. The fraction of sp³-hybridized carbons (Fsp3) is 0.471. The van der Waals surface area contributed by atoms with E-state index < -0.39 is 0 Å². The van der Waals surface area contributed by atoms with Gasteiger partial charge in [0.25, 0.3) is 0 Å². The second-order valence-electron chi connectivity index (χ2n) is 5.18. The molecule has 0 bridgehead atoms. The summed E-state index contributed by atoms with van der Waals surface area (Å²) in [7, 11) is 0. The summed E-state index contributed by atoms with van der Waals surface area (Å²) < 4.78 is 7.62. The van der Waals surface area contributed by atoms with Crippen molar-refractivity contribution in [2.24, 2.45) is 0 Å². The van der Waals surface area contributed by atoms with Crippen LogP contribution in [0.25, 0.3) is 5.69 Å². The molecular weight excluding hydrogens is 298 g/mol. The first-order valence-corrected chi connectivity index (χ1v) is 8.26. The summed E-state index contributed by atoms with van der Waals surface area (Å²) in [6.07, 6.45) is 7.07. The molecule has 2 heterocycles. The van der Waals surface area contributed by atoms with Gasteiger partial charge in [0.05, 0.1) is 5.69 Å². The van der Waals surface area contributed by atoms with Crippen molar-refractivity contribution in [3.8, 4) is 5.69 Å². The van der Waals surface area contributed by atoms with Crippen molar-refractivity contribution in [1.29, 1.82) is 0 Å². The predicted molar refractivity (Wildman–Crippen MR) is 90.6 cm³/mol. The minimum Gasteiger partial charge on any atom is -0.381 e. The monoisotopic (exact) mass is 321 g/mol. The van der Waals surface area contributed by atoms with Gasteiger partial charge in [-0.2, -0.15) is 0 Å². The Morgan fingerprint density at radius 3 is 2.91 bits per heavy atom. The lowest BCUT2D eigenvalue weighted by Gasteiger charge is -2.11. The Kier molecular flexibility index (Phi) is 7.43. The summed E-state index contributed by atoms with van der Waals surface area (Å²) in [6.45, 7) is 5.61. The number of nitrogens with zero attached hydrogens (tertiary/aromatic N) is 2. The van der Waals surface area contributed by atoms with Crippen LogP contribution in [0, 0.1) is 0 Å². The molecule has 0 fully saturated rings. The first kappa shape index (κ1) is 17.0. The lowest BCUT2D eigenvalue weighted by atomic mass is 10.3. The van der Waals surface area contributed by atoms with Gasteiger partial charge < -0.3 is 14.6 Å². The Morgan fingerprint density at radius 2 is 2.09 bits per heavy atom. The highest BCUT2D eigenvalue weighted by atomic mass is 35.5. The molecule has 5 heteroatoms. The molecule has 0 unspecified atom stereocenters. The SMILES string of the molecule is CCCCOCCCNCc1cccn1-c1cccnc1Cl. The Labute approximate surface area is 137 Å². The van der Waals surface area contributed by atoms with Crippen LogP contribution in [0.3, 0.4) is 0 Å². The maximum absolute atomic E-state index is 6.16. The molecule has 2 aromatic rings. The van der Waals surface area contributed by atoms with Crippen LogP contribution < -0.4 is 5.32 Å². The molecule has 0 aliphatic heterocycles. The van der Waals surface area contributed by atoms with Crippen molar-refractivity contribution >= 4 is 11.6 Å². The van der Waals surface area contributed by atoms with E-state index in [0.29, 0.717) is 5.15 Å². The smallest absolute Gasteiger partial charge is 0.152 e. The Bertz CT molecular complexity index is 556. The van der Waals surface area contributed by atoms with Crippen LogP contribution in [0.5, 0.6) is 0 Å². The maximum Gasteiger partial charge on any atom is 0.152 e. The first-order chi connectivity index (χ1) is 10.8. The third kappa shape index (κ3) is 5.13. The lowest BCUT2D eigenvalue weighted by Crippen LogP contribution is -2.18. The minimum absolute atomic E-state index is 0.518. The summed E-state index contributed by atoms with van der Waals surface area (Å²) in [4.78, 5) is 4.13. The number of ether oxygens (including phenoxy) is 1. The number of hydrogen-bond acceptors (Lipinski definition) is 3. The molecule has 0 saturated heterocycles. The van der Waals surface area contributed by atoms with Crippen LogP contribution in [0.1, 0.15) is 31.9 Å². The number of unbranched alkanes of at least 4 members (excludes halogenated alkanes) is 1. The summed E-state index contributed by atoms with van der Waals surface area (Å²) in [5.74, 6) is 0. The predicted octanol–water partition coefficient (Wildman–Crippen LogP) is 3.82. The van der Waals surface area contributed by atoms with Crippen LogP contribution in [0.4, 0.5) is 0 Å². The second-order valence-corrected chi connectivity index (χ2v) is 5.54. The first-order valence-electron chi connectivity index (χ1n) is 7.88. The highest BCUT2D eigenvalue weighted by molar-refractivity contribution is 6.31. The van der Waals surface area contributed by atoms with Crippen molar-refractivity contribution in [1.82, 2.24) is 14.9 Å². The molecule has 0 amide bonds. The zero-order valence-electron chi connectivity index (χ0n) is 13.1. The fourth-order valence-electron chi connectivity index (χ4n) is 2.22. The van der Waals surface area contributed by atoms with Gasteiger partial charge in [0.2, 0.25) is 0 Å². The minimum atomic E-state index is 0.518. The zero-order valence-corrected chi connectivity index (χ0v) is 13.9. The van der Waals surface area contributed by atoms with Crippen LogP contribution in [-0.2, 0) is 11.3 Å². The molecule has 0 aliphatic carbocycles. The van der Waals surface area contributed by atoms with Gasteiger partial charge in [-0.25, -0.2) is 4.98 Å².